The topological polar surface area (TPSA) is 68.2 Å². The highest BCUT2D eigenvalue weighted by Crippen LogP contribution is 2.18. The lowest BCUT2D eigenvalue weighted by atomic mass is 10.1. The van der Waals surface area contributed by atoms with Crippen molar-refractivity contribution < 1.29 is 9.59 Å². The molecule has 0 aromatic carbocycles. The quantitative estimate of drug-likeness (QED) is 0.287. The van der Waals surface area contributed by atoms with Gasteiger partial charge < -0.3 is 20.0 Å². The summed E-state index contributed by atoms with van der Waals surface area (Å²) in [5, 5.41) is 3.26. The fourth-order valence-corrected chi connectivity index (χ4v) is 3.38. The summed E-state index contributed by atoms with van der Waals surface area (Å²) in [4.78, 5) is 34.7. The minimum Gasteiger partial charge on any atom is -0.357 e. The standard InChI is InChI=1S/C19H37N5O2.HI/c1-6-16(24-14-10-11-17(24)25)12-13-21-19(20-7-2)22(5)15-18(26)23(8-3)9-4;/h16H,6-15H2,1-5H3,(H,20,21);1H. The first-order chi connectivity index (χ1) is 12.5. The van der Waals surface area contributed by atoms with E-state index in [9.17, 15) is 9.59 Å². The lowest BCUT2D eigenvalue weighted by Gasteiger charge is -2.27. The molecule has 0 bridgehead atoms. The number of likely N-dealkylation sites (N-methyl/N-ethyl adjacent to an activating group) is 2. The molecular formula is C19H38IN5O2. The predicted molar refractivity (Wildman–Crippen MR) is 122 cm³/mol. The van der Waals surface area contributed by atoms with Crippen LogP contribution in [0, 0.1) is 0 Å². The Morgan fingerprint density at radius 2 is 1.93 bits per heavy atom. The Labute approximate surface area is 181 Å². The van der Waals surface area contributed by atoms with E-state index in [-0.39, 0.29) is 41.8 Å². The van der Waals surface area contributed by atoms with Gasteiger partial charge in [-0.2, -0.15) is 0 Å². The molecule has 0 radical (unpaired) electrons. The van der Waals surface area contributed by atoms with Gasteiger partial charge in [-0.3, -0.25) is 14.6 Å². The van der Waals surface area contributed by atoms with Crippen LogP contribution in [0.3, 0.4) is 0 Å². The first kappa shape index (κ1) is 25.9. The van der Waals surface area contributed by atoms with Crippen LogP contribution in [-0.2, 0) is 9.59 Å². The molecule has 1 fully saturated rings. The van der Waals surface area contributed by atoms with Crippen LogP contribution in [0.1, 0.15) is 53.4 Å². The average Bonchev–Trinajstić information content (AvgIpc) is 3.04. The monoisotopic (exact) mass is 495 g/mol. The second kappa shape index (κ2) is 14.0. The van der Waals surface area contributed by atoms with Gasteiger partial charge >= 0.3 is 0 Å². The fraction of sp³-hybridized carbons (Fsp3) is 0.842. The molecule has 7 nitrogen and oxygen atoms in total. The molecule has 0 aliphatic carbocycles. The molecule has 0 spiro atoms. The second-order valence-electron chi connectivity index (χ2n) is 6.70. The predicted octanol–water partition coefficient (Wildman–Crippen LogP) is 2.16. The Kier molecular flexibility index (Phi) is 13.5. The smallest absolute Gasteiger partial charge is 0.242 e. The first-order valence-corrected chi connectivity index (χ1v) is 10.0. The highest BCUT2D eigenvalue weighted by atomic mass is 127. The van der Waals surface area contributed by atoms with Gasteiger partial charge in [-0.1, -0.05) is 6.92 Å². The molecule has 1 unspecified atom stereocenters. The Balaban J connectivity index is 0.00000676. The van der Waals surface area contributed by atoms with Crippen molar-refractivity contribution in [3.8, 4) is 0 Å². The summed E-state index contributed by atoms with van der Waals surface area (Å²) in [7, 11) is 1.89. The molecule has 0 saturated carbocycles. The normalized spacial score (nSPS) is 15.4. The third kappa shape index (κ3) is 8.23. The van der Waals surface area contributed by atoms with Gasteiger partial charge in [0, 0.05) is 52.2 Å². The second-order valence-corrected chi connectivity index (χ2v) is 6.70. The van der Waals surface area contributed by atoms with Gasteiger partial charge in [0.25, 0.3) is 0 Å². The Bertz CT molecular complexity index is 483. The molecule has 1 saturated heterocycles. The van der Waals surface area contributed by atoms with E-state index in [0.717, 1.165) is 51.4 Å². The maximum Gasteiger partial charge on any atom is 0.242 e. The van der Waals surface area contributed by atoms with E-state index in [0.29, 0.717) is 19.5 Å². The Morgan fingerprint density at radius 3 is 2.41 bits per heavy atom. The van der Waals surface area contributed by atoms with Crippen molar-refractivity contribution in [3.63, 3.8) is 0 Å². The van der Waals surface area contributed by atoms with Crippen molar-refractivity contribution in [1.82, 2.24) is 20.0 Å². The fourth-order valence-electron chi connectivity index (χ4n) is 3.38. The molecule has 158 valence electrons. The zero-order valence-electron chi connectivity index (χ0n) is 17.7. The number of amides is 2. The minimum absolute atomic E-state index is 0. The van der Waals surface area contributed by atoms with Crippen LogP contribution >= 0.6 is 24.0 Å². The molecule has 1 N–H and O–H groups in total. The zero-order chi connectivity index (χ0) is 19.5. The summed E-state index contributed by atoms with van der Waals surface area (Å²) in [5.41, 5.74) is 0. The number of nitrogens with one attached hydrogen (secondary N) is 1. The average molecular weight is 495 g/mol. The molecule has 1 aliphatic rings. The third-order valence-electron chi connectivity index (χ3n) is 4.93. The van der Waals surface area contributed by atoms with Gasteiger partial charge in [-0.15, -0.1) is 24.0 Å². The van der Waals surface area contributed by atoms with Crippen LogP contribution in [0.5, 0.6) is 0 Å². The van der Waals surface area contributed by atoms with Crippen LogP contribution in [0.15, 0.2) is 4.99 Å². The molecule has 1 atom stereocenters. The Hall–Kier alpha value is -1.06. The summed E-state index contributed by atoms with van der Waals surface area (Å²) in [6.45, 7) is 12.2. The van der Waals surface area contributed by atoms with Crippen LogP contribution in [0.25, 0.3) is 0 Å². The summed E-state index contributed by atoms with van der Waals surface area (Å²) in [6, 6.07) is 0.263. The van der Waals surface area contributed by atoms with Crippen molar-refractivity contribution in [1.29, 1.82) is 0 Å². The van der Waals surface area contributed by atoms with Crippen molar-refractivity contribution in [2.75, 3.05) is 46.3 Å². The van der Waals surface area contributed by atoms with E-state index < -0.39 is 0 Å². The van der Waals surface area contributed by atoms with E-state index in [1.165, 1.54) is 0 Å². The zero-order valence-corrected chi connectivity index (χ0v) is 20.0. The summed E-state index contributed by atoms with van der Waals surface area (Å²) in [6.07, 6.45) is 3.46. The third-order valence-corrected chi connectivity index (χ3v) is 4.93. The molecule has 1 rings (SSSR count). The van der Waals surface area contributed by atoms with Crippen LogP contribution in [0.2, 0.25) is 0 Å². The van der Waals surface area contributed by atoms with Gasteiger partial charge in [0.05, 0.1) is 6.54 Å². The lowest BCUT2D eigenvalue weighted by Crippen LogP contribution is -2.45. The SMILES string of the molecule is CCNC(=NCCC(CC)N1CCCC1=O)N(C)CC(=O)N(CC)CC.I. The van der Waals surface area contributed by atoms with Gasteiger partial charge in [-0.05, 0) is 40.0 Å². The van der Waals surface area contributed by atoms with Gasteiger partial charge in [0.1, 0.15) is 0 Å². The maximum absolute atomic E-state index is 12.3. The number of carbonyl (C=O) groups is 2. The molecule has 27 heavy (non-hydrogen) atoms. The van der Waals surface area contributed by atoms with E-state index in [4.69, 9.17) is 0 Å². The molecular weight excluding hydrogens is 457 g/mol. The van der Waals surface area contributed by atoms with E-state index in [1.807, 2.05) is 42.5 Å². The highest BCUT2D eigenvalue weighted by molar-refractivity contribution is 14.0. The van der Waals surface area contributed by atoms with Crippen molar-refractivity contribution in [3.05, 3.63) is 0 Å². The molecule has 1 heterocycles. The number of hydrogen-bond donors (Lipinski definition) is 1. The van der Waals surface area contributed by atoms with Crippen LogP contribution in [-0.4, -0.2) is 84.8 Å². The van der Waals surface area contributed by atoms with E-state index in [2.05, 4.69) is 17.2 Å². The summed E-state index contributed by atoms with van der Waals surface area (Å²) >= 11 is 0. The molecule has 0 aromatic heterocycles. The van der Waals surface area contributed by atoms with Gasteiger partial charge in [0.15, 0.2) is 5.96 Å². The number of rotatable bonds is 10. The van der Waals surface area contributed by atoms with Crippen molar-refractivity contribution in [2.45, 2.75) is 59.4 Å². The van der Waals surface area contributed by atoms with Gasteiger partial charge in [-0.25, -0.2) is 0 Å². The number of aliphatic imine (C=N–C) groups is 1. The van der Waals surface area contributed by atoms with Crippen LogP contribution in [0.4, 0.5) is 0 Å². The maximum atomic E-state index is 12.3. The number of hydrogen-bond acceptors (Lipinski definition) is 3. The first-order valence-electron chi connectivity index (χ1n) is 10.0. The molecule has 8 heteroatoms. The number of guanidine groups is 1. The Morgan fingerprint density at radius 1 is 1.26 bits per heavy atom. The summed E-state index contributed by atoms with van der Waals surface area (Å²) in [5.74, 6) is 1.13. The number of halogens is 1. The van der Waals surface area contributed by atoms with E-state index >= 15 is 0 Å². The molecule has 2 amide bonds. The van der Waals surface area contributed by atoms with Gasteiger partial charge in [0.2, 0.25) is 11.8 Å². The number of carbonyl (C=O) groups excluding carboxylic acids is 2. The highest BCUT2D eigenvalue weighted by Gasteiger charge is 2.26. The van der Waals surface area contributed by atoms with Crippen LogP contribution < -0.4 is 5.32 Å². The summed E-state index contributed by atoms with van der Waals surface area (Å²) < 4.78 is 0. The number of likely N-dealkylation sites (tertiary alicyclic amines) is 1. The number of nitrogens with zero attached hydrogens (tertiary/aromatic N) is 4. The van der Waals surface area contributed by atoms with Crippen molar-refractivity contribution in [2.24, 2.45) is 4.99 Å². The molecule has 0 aromatic rings. The largest absolute Gasteiger partial charge is 0.357 e. The minimum atomic E-state index is 0. The van der Waals surface area contributed by atoms with Crippen molar-refractivity contribution >= 4 is 41.8 Å². The lowest BCUT2D eigenvalue weighted by molar-refractivity contribution is -0.131. The van der Waals surface area contributed by atoms with E-state index in [1.54, 1.807) is 0 Å². The molecule has 1 aliphatic heterocycles.